The first-order valence-corrected chi connectivity index (χ1v) is 9.62. The van der Waals surface area contributed by atoms with Crippen LogP contribution >= 0.6 is 11.8 Å². The van der Waals surface area contributed by atoms with Crippen molar-refractivity contribution in [2.75, 3.05) is 0 Å². The van der Waals surface area contributed by atoms with Crippen molar-refractivity contribution in [2.24, 2.45) is 0 Å². The first-order chi connectivity index (χ1) is 12.9. The van der Waals surface area contributed by atoms with E-state index in [-0.39, 0.29) is 0 Å². The molecule has 1 aromatic heterocycles. The van der Waals surface area contributed by atoms with E-state index in [1.54, 1.807) is 0 Å². The van der Waals surface area contributed by atoms with Gasteiger partial charge >= 0.3 is 0 Å². The molecule has 122 valence electrons. The lowest BCUT2D eigenvalue weighted by Gasteiger charge is -2.12. The summed E-state index contributed by atoms with van der Waals surface area (Å²) in [6.45, 7) is 0. The second kappa shape index (κ2) is 5.26. The van der Waals surface area contributed by atoms with E-state index >= 15 is 0 Å². The van der Waals surface area contributed by atoms with E-state index in [1.807, 2.05) is 11.8 Å². The Bertz CT molecular complexity index is 1310. The molecule has 6 rings (SSSR count). The maximum atomic E-state index is 3.60. The molecular formula is C24H15NS. The van der Waals surface area contributed by atoms with Crippen molar-refractivity contribution in [1.82, 2.24) is 4.98 Å². The lowest BCUT2D eigenvalue weighted by molar-refractivity contribution is 1.44. The number of fused-ring (bicyclic) bond motifs is 9. The standard InChI is InChI=1S/C24H15NS/c1-4-10-19-17(8-1)24-20(25-19)14-13-16-15-7-2-5-11-21(15)26-22-12-6-3-9-18(22)23(16)24/h1-14,25H. The molecule has 0 bridgehead atoms. The van der Waals surface area contributed by atoms with Gasteiger partial charge in [-0.15, -0.1) is 0 Å². The summed E-state index contributed by atoms with van der Waals surface area (Å²) in [6.07, 6.45) is 0. The summed E-state index contributed by atoms with van der Waals surface area (Å²) in [5.41, 5.74) is 7.68. The minimum atomic E-state index is 1.19. The van der Waals surface area contributed by atoms with Crippen LogP contribution in [-0.4, -0.2) is 4.98 Å². The third kappa shape index (κ3) is 1.88. The van der Waals surface area contributed by atoms with Crippen LogP contribution in [0.25, 0.3) is 44.1 Å². The molecule has 2 heteroatoms. The van der Waals surface area contributed by atoms with Crippen molar-refractivity contribution in [1.29, 1.82) is 0 Å². The molecule has 0 atom stereocenters. The molecule has 2 heterocycles. The largest absolute Gasteiger partial charge is 0.354 e. The Morgan fingerprint density at radius 3 is 2.12 bits per heavy atom. The Balaban J connectivity index is 1.88. The summed E-state index contributed by atoms with van der Waals surface area (Å²) in [4.78, 5) is 6.23. The van der Waals surface area contributed by atoms with Crippen LogP contribution in [-0.2, 0) is 0 Å². The molecule has 1 aliphatic rings. The van der Waals surface area contributed by atoms with Crippen LogP contribution in [0.5, 0.6) is 0 Å². The third-order valence-electron chi connectivity index (χ3n) is 5.22. The monoisotopic (exact) mass is 349 g/mol. The summed E-state index contributed by atoms with van der Waals surface area (Å²) in [5, 5.41) is 2.61. The van der Waals surface area contributed by atoms with Crippen LogP contribution < -0.4 is 0 Å². The van der Waals surface area contributed by atoms with E-state index in [1.165, 1.54) is 53.9 Å². The molecule has 0 aliphatic carbocycles. The second-order valence-corrected chi connectivity index (χ2v) is 7.76. The average molecular weight is 349 g/mol. The lowest BCUT2D eigenvalue weighted by atomic mass is 9.90. The molecule has 0 radical (unpaired) electrons. The molecule has 26 heavy (non-hydrogen) atoms. The summed E-state index contributed by atoms with van der Waals surface area (Å²) in [7, 11) is 0. The molecule has 5 aromatic rings. The van der Waals surface area contributed by atoms with E-state index in [2.05, 4.69) is 89.9 Å². The minimum absolute atomic E-state index is 1.19. The summed E-state index contributed by atoms with van der Waals surface area (Å²) < 4.78 is 0. The highest BCUT2D eigenvalue weighted by Gasteiger charge is 2.22. The van der Waals surface area contributed by atoms with Crippen LogP contribution in [0.2, 0.25) is 0 Å². The SMILES string of the molecule is c1ccc2c(c1)Sc1ccccc1-c1c-2ccc2[nH]c3ccccc3c12. The third-order valence-corrected chi connectivity index (χ3v) is 6.38. The zero-order valence-corrected chi connectivity index (χ0v) is 14.8. The highest BCUT2D eigenvalue weighted by molar-refractivity contribution is 7.99. The minimum Gasteiger partial charge on any atom is -0.354 e. The number of nitrogens with one attached hydrogen (secondary N) is 1. The molecule has 1 aliphatic heterocycles. The molecule has 0 saturated carbocycles. The van der Waals surface area contributed by atoms with Gasteiger partial charge in [0.05, 0.1) is 0 Å². The fourth-order valence-corrected chi connectivity index (χ4v) is 5.20. The first-order valence-electron chi connectivity index (χ1n) is 8.80. The quantitative estimate of drug-likeness (QED) is 0.309. The van der Waals surface area contributed by atoms with Gasteiger partial charge in [-0.25, -0.2) is 0 Å². The van der Waals surface area contributed by atoms with Gasteiger partial charge in [-0.1, -0.05) is 72.4 Å². The van der Waals surface area contributed by atoms with E-state index in [0.717, 1.165) is 0 Å². The lowest BCUT2D eigenvalue weighted by Crippen LogP contribution is -1.86. The number of H-pyrrole nitrogens is 1. The van der Waals surface area contributed by atoms with Gasteiger partial charge in [0, 0.05) is 37.2 Å². The van der Waals surface area contributed by atoms with Crippen LogP contribution in [0.4, 0.5) is 0 Å². The van der Waals surface area contributed by atoms with Crippen molar-refractivity contribution in [3.63, 3.8) is 0 Å². The van der Waals surface area contributed by atoms with Gasteiger partial charge in [-0.05, 0) is 41.0 Å². The molecule has 1 N–H and O–H groups in total. The number of aromatic amines is 1. The van der Waals surface area contributed by atoms with Gasteiger partial charge in [0.25, 0.3) is 0 Å². The Hall–Kier alpha value is -2.97. The van der Waals surface area contributed by atoms with E-state index < -0.39 is 0 Å². The molecule has 4 aromatic carbocycles. The van der Waals surface area contributed by atoms with Crippen molar-refractivity contribution >= 4 is 33.6 Å². The van der Waals surface area contributed by atoms with Crippen molar-refractivity contribution in [3.8, 4) is 22.3 Å². The van der Waals surface area contributed by atoms with Gasteiger partial charge < -0.3 is 4.98 Å². The summed E-state index contributed by atoms with van der Waals surface area (Å²) in [6, 6.07) is 30.6. The van der Waals surface area contributed by atoms with Gasteiger partial charge in [-0.3, -0.25) is 0 Å². The van der Waals surface area contributed by atoms with Crippen molar-refractivity contribution < 1.29 is 0 Å². The Morgan fingerprint density at radius 1 is 0.538 bits per heavy atom. The van der Waals surface area contributed by atoms with E-state index in [9.17, 15) is 0 Å². The predicted molar refractivity (Wildman–Crippen MR) is 111 cm³/mol. The maximum Gasteiger partial charge on any atom is 0.0471 e. The molecule has 0 saturated heterocycles. The van der Waals surface area contributed by atoms with Gasteiger partial charge in [-0.2, -0.15) is 0 Å². The summed E-state index contributed by atoms with van der Waals surface area (Å²) >= 11 is 1.87. The van der Waals surface area contributed by atoms with Crippen molar-refractivity contribution in [3.05, 3.63) is 84.9 Å². The normalized spacial score (nSPS) is 12.5. The molecule has 0 spiro atoms. The summed E-state index contributed by atoms with van der Waals surface area (Å²) in [5.74, 6) is 0. The first kappa shape index (κ1) is 14.2. The fraction of sp³-hybridized carbons (Fsp3) is 0. The Morgan fingerprint density at radius 2 is 1.23 bits per heavy atom. The molecule has 0 fully saturated rings. The highest BCUT2D eigenvalue weighted by atomic mass is 32.2. The van der Waals surface area contributed by atoms with Crippen LogP contribution in [0.3, 0.4) is 0 Å². The fourth-order valence-electron chi connectivity index (χ4n) is 4.10. The number of hydrogen-bond acceptors (Lipinski definition) is 1. The van der Waals surface area contributed by atoms with Gasteiger partial charge in [0.15, 0.2) is 0 Å². The van der Waals surface area contributed by atoms with Gasteiger partial charge in [0.1, 0.15) is 0 Å². The average Bonchev–Trinajstić information content (AvgIpc) is 3.00. The van der Waals surface area contributed by atoms with E-state index in [4.69, 9.17) is 0 Å². The molecule has 0 amide bonds. The predicted octanol–water partition coefficient (Wildman–Crippen LogP) is 7.12. The van der Waals surface area contributed by atoms with Crippen LogP contribution in [0.15, 0.2) is 94.7 Å². The smallest absolute Gasteiger partial charge is 0.0471 e. The zero-order valence-electron chi connectivity index (χ0n) is 14.0. The number of benzene rings is 4. The van der Waals surface area contributed by atoms with Crippen LogP contribution in [0, 0.1) is 0 Å². The second-order valence-electron chi connectivity index (χ2n) is 6.68. The molecular weight excluding hydrogens is 334 g/mol. The number of para-hydroxylation sites is 1. The maximum absolute atomic E-state index is 3.60. The number of aromatic nitrogens is 1. The number of hydrogen-bond donors (Lipinski definition) is 1. The topological polar surface area (TPSA) is 15.8 Å². The number of rotatable bonds is 0. The Labute approximate surface area is 155 Å². The Kier molecular flexibility index (Phi) is 2.88. The molecule has 0 unspecified atom stereocenters. The highest BCUT2D eigenvalue weighted by Crippen LogP contribution is 2.50. The van der Waals surface area contributed by atoms with Crippen LogP contribution in [0.1, 0.15) is 0 Å². The zero-order chi connectivity index (χ0) is 17.1. The van der Waals surface area contributed by atoms with Crippen molar-refractivity contribution in [2.45, 2.75) is 9.79 Å². The van der Waals surface area contributed by atoms with E-state index in [0.29, 0.717) is 0 Å². The van der Waals surface area contributed by atoms with Gasteiger partial charge in [0.2, 0.25) is 0 Å². The molecule has 1 nitrogen and oxygen atoms in total.